The van der Waals surface area contributed by atoms with Gasteiger partial charge in [-0.25, -0.2) is 9.37 Å². The summed E-state index contributed by atoms with van der Waals surface area (Å²) in [5.41, 5.74) is 5.96. The molecule has 0 spiro atoms. The van der Waals surface area contributed by atoms with Crippen LogP contribution in [0.5, 0.6) is 5.75 Å². The third-order valence-corrected chi connectivity index (χ3v) is 2.79. The van der Waals surface area contributed by atoms with Crippen LogP contribution in [0.4, 0.5) is 13.2 Å². The van der Waals surface area contributed by atoms with Crippen molar-refractivity contribution in [2.75, 3.05) is 0 Å². The lowest BCUT2D eigenvalue weighted by atomic mass is 10.1. The van der Waals surface area contributed by atoms with Crippen molar-refractivity contribution in [1.82, 2.24) is 9.55 Å². The van der Waals surface area contributed by atoms with Crippen LogP contribution in [0.25, 0.3) is 0 Å². The van der Waals surface area contributed by atoms with E-state index >= 15 is 0 Å². The van der Waals surface area contributed by atoms with Gasteiger partial charge in [-0.15, -0.1) is 0 Å². The van der Waals surface area contributed by atoms with E-state index in [9.17, 15) is 13.2 Å². The molecule has 20 heavy (non-hydrogen) atoms. The lowest BCUT2D eigenvalue weighted by molar-refractivity contribution is 0.0632. The van der Waals surface area contributed by atoms with Gasteiger partial charge in [-0.1, -0.05) is 6.07 Å². The maximum Gasteiger partial charge on any atom is 0.320 e. The Morgan fingerprint density at radius 3 is 2.75 bits per heavy atom. The van der Waals surface area contributed by atoms with E-state index in [2.05, 4.69) is 4.98 Å². The molecule has 2 rings (SSSR count). The van der Waals surface area contributed by atoms with Gasteiger partial charge < -0.3 is 10.5 Å². The van der Waals surface area contributed by atoms with Gasteiger partial charge in [0, 0.05) is 30.1 Å². The number of nitrogens with zero attached hydrogens (tertiary/aromatic N) is 2. The Morgan fingerprint density at radius 1 is 1.40 bits per heavy atom. The van der Waals surface area contributed by atoms with Crippen molar-refractivity contribution in [3.05, 3.63) is 47.8 Å². The van der Waals surface area contributed by atoms with Gasteiger partial charge in [0.1, 0.15) is 18.2 Å². The Bertz CT molecular complexity index is 584. The molecule has 2 aromatic rings. The van der Waals surface area contributed by atoms with Crippen LogP contribution in [0, 0.1) is 5.82 Å². The summed E-state index contributed by atoms with van der Waals surface area (Å²) >= 11 is 0. The molecular weight excluding hydrogens is 271 g/mol. The molecule has 0 saturated carbocycles. The molecule has 0 fully saturated rings. The van der Waals surface area contributed by atoms with E-state index in [0.29, 0.717) is 10.1 Å². The molecule has 0 aliphatic rings. The third-order valence-electron chi connectivity index (χ3n) is 2.79. The average molecular weight is 285 g/mol. The van der Waals surface area contributed by atoms with E-state index < -0.39 is 18.4 Å². The molecule has 0 aliphatic heterocycles. The quantitative estimate of drug-likeness (QED) is 0.918. The van der Waals surface area contributed by atoms with E-state index in [1.165, 1.54) is 24.4 Å². The zero-order valence-corrected chi connectivity index (χ0v) is 10.8. The molecule has 4 nitrogen and oxygen atoms in total. The molecular formula is C13H14F3N3O. The van der Waals surface area contributed by atoms with E-state index in [4.69, 9.17) is 10.5 Å². The van der Waals surface area contributed by atoms with Crippen LogP contribution in [0.3, 0.4) is 0 Å². The Hall–Kier alpha value is -2.02. The molecule has 108 valence electrons. The summed E-state index contributed by atoms with van der Waals surface area (Å²) in [7, 11) is 0. The minimum absolute atomic E-state index is 0.0664. The van der Waals surface area contributed by atoms with Crippen LogP contribution >= 0.6 is 0 Å². The first-order chi connectivity index (χ1) is 9.49. The Balaban J connectivity index is 2.08. The Kier molecular flexibility index (Phi) is 4.29. The topological polar surface area (TPSA) is 53.1 Å². The SMILES string of the molecule is CC(N)c1ccc(OCc2nccn2C(F)F)cc1F. The molecule has 0 amide bonds. The molecule has 1 heterocycles. The second-order valence-electron chi connectivity index (χ2n) is 4.29. The molecule has 0 saturated heterocycles. The van der Waals surface area contributed by atoms with Crippen LogP contribution in [0.1, 0.15) is 30.9 Å². The maximum atomic E-state index is 13.7. The first kappa shape index (κ1) is 14.4. The normalized spacial score (nSPS) is 12.7. The standard InChI is InChI=1S/C13H14F3N3O/c1-8(17)10-3-2-9(6-11(10)14)20-7-12-18-4-5-19(12)13(15)16/h2-6,8,13H,7,17H2,1H3. The summed E-state index contributed by atoms with van der Waals surface area (Å²) in [5.74, 6) is -0.193. The number of nitrogens with two attached hydrogens (primary N) is 1. The summed E-state index contributed by atoms with van der Waals surface area (Å²) in [4.78, 5) is 3.76. The highest BCUT2D eigenvalue weighted by Crippen LogP contribution is 2.21. The smallest absolute Gasteiger partial charge is 0.320 e. The molecule has 1 atom stereocenters. The maximum absolute atomic E-state index is 13.7. The highest BCUT2D eigenvalue weighted by Gasteiger charge is 2.12. The molecule has 1 aromatic carbocycles. The summed E-state index contributed by atoms with van der Waals surface area (Å²) in [6, 6.07) is 3.79. The van der Waals surface area contributed by atoms with Gasteiger partial charge in [0.25, 0.3) is 0 Å². The van der Waals surface area contributed by atoms with Crippen molar-refractivity contribution < 1.29 is 17.9 Å². The Morgan fingerprint density at radius 2 is 2.15 bits per heavy atom. The number of hydrogen-bond acceptors (Lipinski definition) is 3. The first-order valence-electron chi connectivity index (χ1n) is 5.96. The van der Waals surface area contributed by atoms with Gasteiger partial charge in [-0.05, 0) is 13.0 Å². The van der Waals surface area contributed by atoms with Crippen molar-refractivity contribution in [2.45, 2.75) is 26.1 Å². The third kappa shape index (κ3) is 3.11. The molecule has 1 unspecified atom stereocenters. The van der Waals surface area contributed by atoms with Gasteiger partial charge in [0.2, 0.25) is 0 Å². The number of imidazole rings is 1. The number of alkyl halides is 2. The van der Waals surface area contributed by atoms with Crippen molar-refractivity contribution in [2.24, 2.45) is 5.73 Å². The number of benzene rings is 1. The highest BCUT2D eigenvalue weighted by molar-refractivity contribution is 5.30. The molecule has 1 aromatic heterocycles. The van der Waals surface area contributed by atoms with E-state index in [1.54, 1.807) is 6.92 Å². The monoisotopic (exact) mass is 285 g/mol. The summed E-state index contributed by atoms with van der Waals surface area (Å²) in [6.07, 6.45) is 2.41. The van der Waals surface area contributed by atoms with Gasteiger partial charge in [0.05, 0.1) is 0 Å². The van der Waals surface area contributed by atoms with E-state index in [1.807, 2.05) is 0 Å². The lowest BCUT2D eigenvalue weighted by Gasteiger charge is -2.11. The summed E-state index contributed by atoms with van der Waals surface area (Å²) < 4.78 is 44.8. The molecule has 7 heteroatoms. The van der Waals surface area contributed by atoms with Crippen LogP contribution < -0.4 is 10.5 Å². The zero-order valence-electron chi connectivity index (χ0n) is 10.8. The van der Waals surface area contributed by atoms with Crippen molar-refractivity contribution in [3.8, 4) is 5.75 Å². The van der Waals surface area contributed by atoms with Crippen molar-refractivity contribution in [3.63, 3.8) is 0 Å². The Labute approximate surface area is 114 Å². The van der Waals surface area contributed by atoms with Crippen LogP contribution in [-0.2, 0) is 6.61 Å². The van der Waals surface area contributed by atoms with Crippen LogP contribution in [0.2, 0.25) is 0 Å². The lowest BCUT2D eigenvalue weighted by Crippen LogP contribution is -2.09. The van der Waals surface area contributed by atoms with Crippen LogP contribution in [0.15, 0.2) is 30.6 Å². The largest absolute Gasteiger partial charge is 0.486 e. The van der Waals surface area contributed by atoms with E-state index in [0.717, 1.165) is 6.20 Å². The average Bonchev–Trinajstić information content (AvgIpc) is 2.84. The number of halogens is 3. The summed E-state index contributed by atoms with van der Waals surface area (Å²) in [6.45, 7) is -1.19. The highest BCUT2D eigenvalue weighted by atomic mass is 19.3. The molecule has 0 radical (unpaired) electrons. The number of aromatic nitrogens is 2. The fourth-order valence-electron chi connectivity index (χ4n) is 1.75. The molecule has 2 N–H and O–H groups in total. The fourth-order valence-corrected chi connectivity index (χ4v) is 1.75. The zero-order chi connectivity index (χ0) is 14.7. The minimum Gasteiger partial charge on any atom is -0.486 e. The fraction of sp³-hybridized carbons (Fsp3) is 0.308. The second-order valence-corrected chi connectivity index (χ2v) is 4.29. The predicted octanol–water partition coefficient (Wildman–Crippen LogP) is 3.02. The van der Waals surface area contributed by atoms with Gasteiger partial charge in [0.15, 0.2) is 5.82 Å². The van der Waals surface area contributed by atoms with Crippen molar-refractivity contribution >= 4 is 0 Å². The minimum atomic E-state index is -2.69. The predicted molar refractivity (Wildman–Crippen MR) is 66.8 cm³/mol. The van der Waals surface area contributed by atoms with Gasteiger partial charge >= 0.3 is 6.55 Å². The number of hydrogen-bond donors (Lipinski definition) is 1. The van der Waals surface area contributed by atoms with Crippen LogP contribution in [-0.4, -0.2) is 9.55 Å². The van der Waals surface area contributed by atoms with Gasteiger partial charge in [-0.2, -0.15) is 8.78 Å². The second kappa shape index (κ2) is 5.96. The molecule has 0 bridgehead atoms. The number of ether oxygens (including phenoxy) is 1. The van der Waals surface area contributed by atoms with E-state index in [-0.39, 0.29) is 18.2 Å². The summed E-state index contributed by atoms with van der Waals surface area (Å²) in [5, 5.41) is 0. The number of rotatable bonds is 5. The molecule has 0 aliphatic carbocycles. The van der Waals surface area contributed by atoms with Gasteiger partial charge in [-0.3, -0.25) is 4.57 Å². The van der Waals surface area contributed by atoms with Crippen molar-refractivity contribution in [1.29, 1.82) is 0 Å². The first-order valence-corrected chi connectivity index (χ1v) is 5.96.